The van der Waals surface area contributed by atoms with E-state index in [-0.39, 0.29) is 53.1 Å². The average Bonchev–Trinajstić information content (AvgIpc) is 4.00. The number of aromatic amines is 3. The fraction of sp³-hybridized carbons (Fsp3) is 0.618. The van der Waals surface area contributed by atoms with Crippen molar-refractivity contribution in [3.05, 3.63) is 62.9 Å². The Hall–Kier alpha value is -4.73. The van der Waals surface area contributed by atoms with Crippen molar-refractivity contribution in [2.45, 2.75) is 183 Å². The molecule has 7 atom stereocenters. The number of ether oxygens (including phenoxy) is 2. The average molecular weight is 893 g/mol. The van der Waals surface area contributed by atoms with Gasteiger partial charge in [-0.05, 0) is 93.0 Å². The lowest BCUT2D eigenvalue weighted by Gasteiger charge is -2.18. The van der Waals surface area contributed by atoms with Crippen LogP contribution in [-0.4, -0.2) is 55.8 Å². The second-order valence-electron chi connectivity index (χ2n) is 20.7. The van der Waals surface area contributed by atoms with Gasteiger partial charge < -0.3 is 34.6 Å². The van der Waals surface area contributed by atoms with Crippen molar-refractivity contribution in [1.82, 2.24) is 19.9 Å². The van der Waals surface area contributed by atoms with E-state index in [1.807, 2.05) is 13.8 Å². The van der Waals surface area contributed by atoms with E-state index in [1.54, 1.807) is 6.92 Å². The SMILES string of the molecule is CC[C@H]1c2cc3[nH]c4c(c(O)c(C(=O)OC)c-4c4[nH]c(cc5[nH]c(cc(n2)[C@@H]1C)c(=C(C)O)c5C)[C@@H](C)[C@@H]4CCC(=O)OCCC(C)CCC[C@H](C)CCC[C@H](C)CCCC(C)C)c3C. The van der Waals surface area contributed by atoms with Gasteiger partial charge in [0.15, 0.2) is 0 Å². The highest BCUT2D eigenvalue weighted by Gasteiger charge is 2.38. The molecule has 2 aromatic heterocycles. The van der Waals surface area contributed by atoms with E-state index >= 15 is 0 Å². The summed E-state index contributed by atoms with van der Waals surface area (Å²) in [5.74, 6) is 1.97. The summed E-state index contributed by atoms with van der Waals surface area (Å²) in [6.07, 6.45) is 14.0. The normalized spacial score (nSPS) is 19.5. The van der Waals surface area contributed by atoms with Crippen molar-refractivity contribution in [3.8, 4) is 17.0 Å². The molecule has 10 heteroatoms. The summed E-state index contributed by atoms with van der Waals surface area (Å²) >= 11 is 0. The van der Waals surface area contributed by atoms with Crippen LogP contribution in [0.3, 0.4) is 0 Å². The van der Waals surface area contributed by atoms with Crippen LogP contribution in [0.15, 0.2) is 18.2 Å². The van der Waals surface area contributed by atoms with E-state index < -0.39 is 5.97 Å². The topological polar surface area (TPSA) is 153 Å². The summed E-state index contributed by atoms with van der Waals surface area (Å²) in [6.45, 7) is 24.2. The maximum Gasteiger partial charge on any atom is 0.342 e. The van der Waals surface area contributed by atoms with Gasteiger partial charge in [0.2, 0.25) is 0 Å². The Morgan fingerprint density at radius 3 is 1.97 bits per heavy atom. The molecule has 65 heavy (non-hydrogen) atoms. The standard InChI is InChI=1S/C55H80N4O6/c1-13-39-34(7)41-29-46-48(38(11)60)36(9)43(57-46)27-42-35(8)40(52(58-42)50-51(55(63)64-12)54(62)49-37(10)44(59-53(49)50)28-45(39)56-41)23-24-47(61)65-26-25-33(6)22-16-21-32(5)20-15-19-31(4)18-14-17-30(2)3/h27-35,39-40,57-60,62H,13-26H2,1-12H3/t31-,32-,33?,34-,35+,39-,40+/m1/s1. The number of hydrogen-bond donors (Lipinski definition) is 5. The molecule has 356 valence electrons. The predicted octanol–water partition coefficient (Wildman–Crippen LogP) is 13.8. The Bertz CT molecular complexity index is 2470. The minimum atomic E-state index is -0.640. The van der Waals surface area contributed by atoms with E-state index in [4.69, 9.17) is 14.5 Å². The van der Waals surface area contributed by atoms with Crippen LogP contribution >= 0.6 is 0 Å². The third-order valence-corrected chi connectivity index (χ3v) is 15.2. The number of aromatic hydroxyl groups is 1. The first-order valence-corrected chi connectivity index (χ1v) is 25.0. The molecule has 8 bridgehead atoms. The Kier molecular flexibility index (Phi) is 16.6. The monoisotopic (exact) mass is 893 g/mol. The van der Waals surface area contributed by atoms with Crippen LogP contribution in [0.4, 0.5) is 0 Å². The van der Waals surface area contributed by atoms with E-state index in [0.717, 1.165) is 92.7 Å². The Morgan fingerprint density at radius 1 is 0.769 bits per heavy atom. The lowest BCUT2D eigenvalue weighted by Crippen LogP contribution is -2.12. The zero-order chi connectivity index (χ0) is 47.3. The van der Waals surface area contributed by atoms with Crippen molar-refractivity contribution in [1.29, 1.82) is 0 Å². The van der Waals surface area contributed by atoms with Crippen LogP contribution in [0.25, 0.3) is 39.0 Å². The number of carbonyl (C=O) groups excluding carboxylic acids is 2. The van der Waals surface area contributed by atoms with Crippen LogP contribution in [-0.2, 0) is 14.3 Å². The second-order valence-corrected chi connectivity index (χ2v) is 20.7. The highest BCUT2D eigenvalue weighted by Crippen LogP contribution is 2.52. The Balaban J connectivity index is 1.23. The first-order valence-electron chi connectivity index (χ1n) is 25.0. The fourth-order valence-corrected chi connectivity index (χ4v) is 10.9. The number of aliphatic hydroxyl groups is 1. The molecule has 4 aliphatic rings. The number of hydrogen-bond acceptors (Lipinski definition) is 7. The van der Waals surface area contributed by atoms with Gasteiger partial charge in [-0.2, -0.15) is 0 Å². The number of carbonyl (C=O) groups is 2. The number of nitrogens with one attached hydrogen (secondary N) is 3. The molecule has 1 unspecified atom stereocenters. The van der Waals surface area contributed by atoms with Gasteiger partial charge in [-0.25, -0.2) is 4.79 Å². The van der Waals surface area contributed by atoms with Crippen LogP contribution < -0.4 is 5.22 Å². The molecule has 2 aromatic rings. The molecule has 0 aromatic carbocycles. The molecular formula is C55H80N4O6. The highest BCUT2D eigenvalue weighted by atomic mass is 16.5. The smallest absolute Gasteiger partial charge is 0.342 e. The molecule has 1 aliphatic carbocycles. The largest absolute Gasteiger partial charge is 0.512 e. The molecule has 0 radical (unpaired) electrons. The van der Waals surface area contributed by atoms with Crippen molar-refractivity contribution in [3.63, 3.8) is 0 Å². The number of aliphatic hydroxyl groups excluding tert-OH is 1. The predicted molar refractivity (Wildman–Crippen MR) is 265 cm³/mol. The van der Waals surface area contributed by atoms with Crippen molar-refractivity contribution in [2.24, 2.45) is 23.7 Å². The minimum absolute atomic E-state index is 0.0909. The molecule has 0 spiro atoms. The molecule has 0 saturated carbocycles. The lowest BCUT2D eigenvalue weighted by atomic mass is 9.85. The van der Waals surface area contributed by atoms with Gasteiger partial charge >= 0.3 is 11.9 Å². The van der Waals surface area contributed by atoms with Crippen molar-refractivity contribution >= 4 is 39.6 Å². The van der Waals surface area contributed by atoms with Gasteiger partial charge in [-0.1, -0.05) is 113 Å². The number of esters is 2. The summed E-state index contributed by atoms with van der Waals surface area (Å²) in [4.78, 5) is 43.2. The van der Waals surface area contributed by atoms with E-state index in [1.165, 1.54) is 58.5 Å². The number of aromatic nitrogens is 4. The Labute approximate surface area is 388 Å². The maximum atomic E-state index is 13.6. The zero-order valence-corrected chi connectivity index (χ0v) is 41.7. The van der Waals surface area contributed by atoms with Gasteiger partial charge in [0, 0.05) is 80.1 Å². The molecular weight excluding hydrogens is 813 g/mol. The summed E-state index contributed by atoms with van der Waals surface area (Å²) in [6, 6.07) is 6.19. The first-order chi connectivity index (χ1) is 30.9. The Morgan fingerprint density at radius 2 is 1.37 bits per heavy atom. The third-order valence-electron chi connectivity index (χ3n) is 15.2. The quantitative estimate of drug-likeness (QED) is 0.0554. The molecule has 5 N–H and O–H groups in total. The second kappa shape index (κ2) is 21.7. The summed E-state index contributed by atoms with van der Waals surface area (Å²) in [5, 5.41) is 24.2. The highest BCUT2D eigenvalue weighted by molar-refractivity contribution is 6.12. The molecule has 10 nitrogen and oxygen atoms in total. The minimum Gasteiger partial charge on any atom is -0.512 e. The summed E-state index contributed by atoms with van der Waals surface area (Å²) in [7, 11) is 1.32. The van der Waals surface area contributed by atoms with Gasteiger partial charge in [0.1, 0.15) is 11.3 Å². The van der Waals surface area contributed by atoms with Crippen LogP contribution in [0.1, 0.15) is 214 Å². The lowest BCUT2D eigenvalue weighted by molar-refractivity contribution is -0.144. The zero-order valence-electron chi connectivity index (χ0n) is 41.7. The first kappa shape index (κ1) is 49.7. The molecule has 0 amide bonds. The number of fused-ring (bicyclic) bond motifs is 8. The van der Waals surface area contributed by atoms with Gasteiger partial charge in [0.05, 0.1) is 30.7 Å². The summed E-state index contributed by atoms with van der Waals surface area (Å²) in [5.41, 5.74) is 8.86. The third kappa shape index (κ3) is 11.1. The number of aryl methyl sites for hydroxylation is 2. The molecule has 6 rings (SSSR count). The van der Waals surface area contributed by atoms with Crippen LogP contribution in [0.2, 0.25) is 0 Å². The van der Waals surface area contributed by atoms with Gasteiger partial charge in [-0.3, -0.25) is 9.78 Å². The van der Waals surface area contributed by atoms with Crippen LogP contribution in [0.5, 0.6) is 5.75 Å². The van der Waals surface area contributed by atoms with Crippen LogP contribution in [0, 0.1) is 37.5 Å². The number of methoxy groups -OCH3 is 1. The fourth-order valence-electron chi connectivity index (χ4n) is 10.9. The van der Waals surface area contributed by atoms with E-state index in [2.05, 4.69) is 88.5 Å². The molecule has 0 fully saturated rings. The number of rotatable bonds is 20. The van der Waals surface area contributed by atoms with Crippen molar-refractivity contribution in [2.75, 3.05) is 13.7 Å². The maximum absolute atomic E-state index is 13.6. The van der Waals surface area contributed by atoms with Crippen molar-refractivity contribution < 1.29 is 29.3 Å². The molecule has 0 saturated heterocycles. The number of nitrogens with zero attached hydrogens (tertiary/aromatic N) is 1. The summed E-state index contributed by atoms with van der Waals surface area (Å²) < 4.78 is 11.2. The molecule has 5 heterocycles. The van der Waals surface area contributed by atoms with E-state index in [9.17, 15) is 19.8 Å². The van der Waals surface area contributed by atoms with Gasteiger partial charge in [0.25, 0.3) is 0 Å². The number of H-pyrrole nitrogens is 3. The molecule has 3 aliphatic heterocycles. The van der Waals surface area contributed by atoms with Gasteiger partial charge in [-0.15, -0.1) is 0 Å². The van der Waals surface area contributed by atoms with E-state index in [0.29, 0.717) is 35.6 Å².